The van der Waals surface area contributed by atoms with Crippen molar-refractivity contribution < 1.29 is 17.9 Å². The Balaban J connectivity index is 2.27. The first-order valence-electron chi connectivity index (χ1n) is 7.38. The lowest BCUT2D eigenvalue weighted by Gasteiger charge is -2.15. The predicted octanol–water partition coefficient (Wildman–Crippen LogP) is 2.12. The minimum Gasteiger partial charge on any atom is -0.495 e. The van der Waals surface area contributed by atoms with E-state index >= 15 is 0 Å². The van der Waals surface area contributed by atoms with Gasteiger partial charge in [-0.05, 0) is 37.5 Å². The number of anilines is 1. The molecule has 122 valence electrons. The molecule has 6 nitrogen and oxygen atoms in total. The molecule has 1 aliphatic carbocycles. The van der Waals surface area contributed by atoms with Crippen LogP contribution in [-0.2, 0) is 14.8 Å². The molecule has 0 saturated heterocycles. The van der Waals surface area contributed by atoms with Crippen LogP contribution in [0.2, 0.25) is 0 Å². The van der Waals surface area contributed by atoms with Gasteiger partial charge in [-0.1, -0.05) is 13.8 Å². The van der Waals surface area contributed by atoms with Gasteiger partial charge in [0, 0.05) is 12.0 Å². The van der Waals surface area contributed by atoms with E-state index in [9.17, 15) is 13.2 Å². The minimum atomic E-state index is -3.56. The lowest BCUT2D eigenvalue weighted by molar-refractivity contribution is -0.119. The number of nitrogens with one attached hydrogen (secondary N) is 2. The summed E-state index contributed by atoms with van der Waals surface area (Å²) in [5.74, 6) is 0.113. The zero-order valence-electron chi connectivity index (χ0n) is 13.0. The Labute approximate surface area is 131 Å². The highest BCUT2D eigenvalue weighted by molar-refractivity contribution is 7.89. The highest BCUT2D eigenvalue weighted by Crippen LogP contribution is 2.29. The molecule has 0 bridgehead atoms. The Kier molecular flexibility index (Phi) is 5.08. The molecule has 1 aliphatic rings. The number of benzene rings is 1. The maximum absolute atomic E-state index is 12.2. The third kappa shape index (κ3) is 3.98. The average molecular weight is 326 g/mol. The van der Waals surface area contributed by atoms with Crippen molar-refractivity contribution >= 4 is 21.6 Å². The monoisotopic (exact) mass is 326 g/mol. The van der Waals surface area contributed by atoms with E-state index in [0.29, 0.717) is 17.9 Å². The number of sulfonamides is 1. The molecule has 22 heavy (non-hydrogen) atoms. The van der Waals surface area contributed by atoms with Crippen LogP contribution in [0.1, 0.15) is 33.1 Å². The van der Waals surface area contributed by atoms with Gasteiger partial charge < -0.3 is 10.1 Å². The first-order valence-corrected chi connectivity index (χ1v) is 8.87. The summed E-state index contributed by atoms with van der Waals surface area (Å²) in [6.45, 7) is 3.74. The van der Waals surface area contributed by atoms with Gasteiger partial charge >= 0.3 is 0 Å². The molecule has 0 aromatic heterocycles. The van der Waals surface area contributed by atoms with E-state index in [1.807, 2.05) is 13.8 Å². The maximum Gasteiger partial charge on any atom is 0.240 e. The molecule has 2 rings (SSSR count). The third-order valence-electron chi connectivity index (χ3n) is 3.70. The van der Waals surface area contributed by atoms with E-state index in [4.69, 9.17) is 4.74 Å². The van der Waals surface area contributed by atoms with Crippen LogP contribution in [0.4, 0.5) is 5.69 Å². The van der Waals surface area contributed by atoms with Gasteiger partial charge in [0.2, 0.25) is 15.9 Å². The number of amides is 1. The van der Waals surface area contributed by atoms with E-state index in [0.717, 1.165) is 12.8 Å². The Bertz CT molecular complexity index is 654. The number of ether oxygens (including phenoxy) is 1. The van der Waals surface area contributed by atoms with Crippen LogP contribution < -0.4 is 14.8 Å². The van der Waals surface area contributed by atoms with Crippen molar-refractivity contribution in [1.29, 1.82) is 0 Å². The summed E-state index contributed by atoms with van der Waals surface area (Å²) < 4.78 is 32.3. The third-order valence-corrected chi connectivity index (χ3v) is 5.22. The molecule has 1 unspecified atom stereocenters. The Morgan fingerprint density at radius 3 is 2.64 bits per heavy atom. The molecule has 1 aromatic carbocycles. The second-order valence-electron chi connectivity index (χ2n) is 5.56. The number of carbonyl (C=O) groups excluding carboxylic acids is 1. The fourth-order valence-corrected chi connectivity index (χ4v) is 3.21. The van der Waals surface area contributed by atoms with Crippen LogP contribution in [0.15, 0.2) is 23.1 Å². The zero-order valence-corrected chi connectivity index (χ0v) is 13.9. The second-order valence-corrected chi connectivity index (χ2v) is 7.27. The van der Waals surface area contributed by atoms with Crippen molar-refractivity contribution in [3.8, 4) is 5.75 Å². The molecule has 0 heterocycles. The largest absolute Gasteiger partial charge is 0.495 e. The van der Waals surface area contributed by atoms with Crippen LogP contribution in [0.25, 0.3) is 0 Å². The second kappa shape index (κ2) is 6.66. The number of carbonyl (C=O) groups is 1. The smallest absolute Gasteiger partial charge is 0.240 e. The molecule has 0 aliphatic heterocycles. The molecular weight excluding hydrogens is 304 g/mol. The highest BCUT2D eigenvalue weighted by atomic mass is 32.2. The summed E-state index contributed by atoms with van der Waals surface area (Å²) in [6, 6.07) is 4.49. The number of methoxy groups -OCH3 is 1. The first kappa shape index (κ1) is 16.8. The van der Waals surface area contributed by atoms with Gasteiger partial charge in [-0.2, -0.15) is 0 Å². The van der Waals surface area contributed by atoms with Crippen LogP contribution in [0.5, 0.6) is 5.75 Å². The van der Waals surface area contributed by atoms with Crippen LogP contribution in [0.3, 0.4) is 0 Å². The lowest BCUT2D eigenvalue weighted by Crippen LogP contribution is -2.26. The Hall–Kier alpha value is -1.60. The molecule has 1 fully saturated rings. The van der Waals surface area contributed by atoms with Crippen LogP contribution in [-0.4, -0.2) is 27.5 Å². The summed E-state index contributed by atoms with van der Waals surface area (Å²) in [7, 11) is -2.09. The fourth-order valence-electron chi connectivity index (χ4n) is 1.88. The van der Waals surface area contributed by atoms with Crippen molar-refractivity contribution in [3.63, 3.8) is 0 Å². The Morgan fingerprint density at radius 1 is 1.41 bits per heavy atom. The van der Waals surface area contributed by atoms with Crippen molar-refractivity contribution in [1.82, 2.24) is 4.72 Å². The molecule has 1 aromatic rings. The normalized spacial score (nSPS) is 16.1. The van der Waals surface area contributed by atoms with Crippen molar-refractivity contribution in [2.24, 2.45) is 5.92 Å². The van der Waals surface area contributed by atoms with Gasteiger partial charge in [0.25, 0.3) is 0 Å². The summed E-state index contributed by atoms with van der Waals surface area (Å²) in [5, 5.41) is 2.74. The molecule has 1 amide bonds. The van der Waals surface area contributed by atoms with Gasteiger partial charge in [0.15, 0.2) is 0 Å². The summed E-state index contributed by atoms with van der Waals surface area (Å²) in [5.41, 5.74) is 0.367. The number of rotatable bonds is 7. The number of hydrogen-bond acceptors (Lipinski definition) is 4. The van der Waals surface area contributed by atoms with Crippen LogP contribution >= 0.6 is 0 Å². The summed E-state index contributed by atoms with van der Waals surface area (Å²) in [4.78, 5) is 12.2. The topological polar surface area (TPSA) is 84.5 Å². The van der Waals surface area contributed by atoms with Gasteiger partial charge in [-0.15, -0.1) is 0 Å². The zero-order chi connectivity index (χ0) is 16.3. The maximum atomic E-state index is 12.2. The van der Waals surface area contributed by atoms with E-state index < -0.39 is 10.0 Å². The quantitative estimate of drug-likeness (QED) is 0.804. The molecule has 0 radical (unpaired) electrons. The standard InChI is InChI=1S/C15H22N2O4S/c1-4-10(2)15(18)16-13-9-12(7-8-14(13)21-3)22(19,20)17-11-5-6-11/h7-11,17H,4-6H2,1-3H3,(H,16,18). The minimum absolute atomic E-state index is 0.0326. The van der Waals surface area contributed by atoms with Crippen molar-refractivity contribution in [3.05, 3.63) is 18.2 Å². The van der Waals surface area contributed by atoms with Gasteiger partial charge in [-0.25, -0.2) is 13.1 Å². The molecule has 2 N–H and O–H groups in total. The summed E-state index contributed by atoms with van der Waals surface area (Å²) in [6.07, 6.45) is 2.44. The van der Waals surface area contributed by atoms with E-state index in [-0.39, 0.29) is 22.8 Å². The molecule has 7 heteroatoms. The molecule has 1 atom stereocenters. The van der Waals surface area contributed by atoms with E-state index in [1.54, 1.807) is 6.07 Å². The average Bonchev–Trinajstić information content (AvgIpc) is 3.29. The van der Waals surface area contributed by atoms with Crippen molar-refractivity contribution in [2.75, 3.05) is 12.4 Å². The molecule has 0 spiro atoms. The summed E-state index contributed by atoms with van der Waals surface area (Å²) >= 11 is 0. The van der Waals surface area contributed by atoms with E-state index in [1.165, 1.54) is 19.2 Å². The molecular formula is C15H22N2O4S. The van der Waals surface area contributed by atoms with E-state index in [2.05, 4.69) is 10.0 Å². The van der Waals surface area contributed by atoms with Gasteiger partial charge in [0.1, 0.15) is 5.75 Å². The first-order chi connectivity index (χ1) is 10.4. The van der Waals surface area contributed by atoms with Gasteiger partial charge in [-0.3, -0.25) is 4.79 Å². The molecule has 1 saturated carbocycles. The predicted molar refractivity (Wildman–Crippen MR) is 84.4 cm³/mol. The fraction of sp³-hybridized carbons (Fsp3) is 0.533. The number of hydrogen-bond donors (Lipinski definition) is 2. The highest BCUT2D eigenvalue weighted by Gasteiger charge is 2.28. The van der Waals surface area contributed by atoms with Crippen LogP contribution in [0, 0.1) is 5.92 Å². The lowest BCUT2D eigenvalue weighted by atomic mass is 10.1. The van der Waals surface area contributed by atoms with Gasteiger partial charge in [0.05, 0.1) is 17.7 Å². The Morgan fingerprint density at radius 2 is 2.09 bits per heavy atom. The van der Waals surface area contributed by atoms with Crippen molar-refractivity contribution in [2.45, 2.75) is 44.0 Å². The SMILES string of the molecule is CCC(C)C(=O)Nc1cc(S(=O)(=O)NC2CC2)ccc1OC.